The van der Waals surface area contributed by atoms with Gasteiger partial charge in [-0.05, 0) is 56.2 Å². The first-order chi connectivity index (χ1) is 10.8. The number of nitrogens with zero attached hydrogens (tertiary/aromatic N) is 1. The van der Waals surface area contributed by atoms with Gasteiger partial charge in [-0.2, -0.15) is 0 Å². The van der Waals surface area contributed by atoms with Gasteiger partial charge in [-0.1, -0.05) is 24.3 Å². The van der Waals surface area contributed by atoms with E-state index in [0.717, 1.165) is 37.3 Å². The summed E-state index contributed by atoms with van der Waals surface area (Å²) in [6.45, 7) is 2.89. The van der Waals surface area contributed by atoms with Gasteiger partial charge in [0.2, 0.25) is 0 Å². The molecule has 0 saturated heterocycles. The van der Waals surface area contributed by atoms with Crippen molar-refractivity contribution >= 4 is 11.8 Å². The number of hydrogen-bond acceptors (Lipinski definition) is 3. The van der Waals surface area contributed by atoms with Crippen molar-refractivity contribution in [2.75, 3.05) is 19.5 Å². The summed E-state index contributed by atoms with van der Waals surface area (Å²) in [4.78, 5) is 6.07. The van der Waals surface area contributed by atoms with Crippen molar-refractivity contribution < 1.29 is 4.74 Å². The lowest BCUT2D eigenvalue weighted by atomic mass is 9.96. The summed E-state index contributed by atoms with van der Waals surface area (Å²) in [6.07, 6.45) is 3.38. The Labute approximate surface area is 138 Å². The minimum absolute atomic E-state index is 0.520. The summed E-state index contributed by atoms with van der Waals surface area (Å²) < 4.78 is 5.20. The molecule has 1 atom stereocenters. The highest BCUT2D eigenvalue weighted by Crippen LogP contribution is 2.28. The van der Waals surface area contributed by atoms with Crippen LogP contribution in [0.1, 0.15) is 36.6 Å². The van der Waals surface area contributed by atoms with Gasteiger partial charge in [0.25, 0.3) is 0 Å². The van der Waals surface area contributed by atoms with Crippen molar-refractivity contribution in [1.29, 1.82) is 0 Å². The molecule has 0 N–H and O–H groups in total. The standard InChI is InChI=1S/C19H25NOS/c1-16-8-6-12-19(20-16)17(9-7-14-21-2)13-15-22-18-10-4-3-5-11-18/h3-6,8,10-12,17H,7,9,13-15H2,1-2H3. The zero-order valence-corrected chi connectivity index (χ0v) is 14.3. The summed E-state index contributed by atoms with van der Waals surface area (Å²) in [5.74, 6) is 1.64. The Morgan fingerprint density at radius 2 is 1.86 bits per heavy atom. The quantitative estimate of drug-likeness (QED) is 0.476. The second kappa shape index (κ2) is 9.65. The lowest BCUT2D eigenvalue weighted by Gasteiger charge is -2.16. The Morgan fingerprint density at radius 3 is 2.59 bits per heavy atom. The van der Waals surface area contributed by atoms with Crippen LogP contribution in [0.5, 0.6) is 0 Å². The van der Waals surface area contributed by atoms with Gasteiger partial charge in [0, 0.05) is 35.9 Å². The molecule has 1 aromatic carbocycles. The van der Waals surface area contributed by atoms with E-state index < -0.39 is 0 Å². The van der Waals surface area contributed by atoms with Crippen LogP contribution in [-0.4, -0.2) is 24.5 Å². The first-order valence-electron chi connectivity index (χ1n) is 7.90. The maximum atomic E-state index is 5.20. The van der Waals surface area contributed by atoms with E-state index in [2.05, 4.69) is 55.5 Å². The Bertz CT molecular complexity index is 544. The third-order valence-corrected chi connectivity index (χ3v) is 4.75. The second-order valence-corrected chi connectivity index (χ2v) is 6.65. The summed E-state index contributed by atoms with van der Waals surface area (Å²) in [5.41, 5.74) is 2.33. The average Bonchev–Trinajstić information content (AvgIpc) is 2.54. The van der Waals surface area contributed by atoms with Crippen LogP contribution in [0, 0.1) is 6.92 Å². The van der Waals surface area contributed by atoms with Crippen LogP contribution in [-0.2, 0) is 4.74 Å². The smallest absolute Gasteiger partial charge is 0.0462 e. The Hall–Kier alpha value is -1.32. The Kier molecular flexibility index (Phi) is 7.47. The fourth-order valence-electron chi connectivity index (χ4n) is 2.54. The number of ether oxygens (including phenoxy) is 1. The minimum Gasteiger partial charge on any atom is -0.385 e. The number of methoxy groups -OCH3 is 1. The summed E-state index contributed by atoms with van der Waals surface area (Å²) in [5, 5.41) is 0. The molecular weight excluding hydrogens is 290 g/mol. The second-order valence-electron chi connectivity index (χ2n) is 5.49. The molecule has 0 aliphatic heterocycles. The first-order valence-corrected chi connectivity index (χ1v) is 8.88. The molecule has 0 spiro atoms. The molecule has 0 bridgehead atoms. The third kappa shape index (κ3) is 5.82. The summed E-state index contributed by atoms with van der Waals surface area (Å²) in [6, 6.07) is 17.0. The normalized spacial score (nSPS) is 12.3. The largest absolute Gasteiger partial charge is 0.385 e. The number of thioether (sulfide) groups is 1. The molecule has 0 amide bonds. The van der Waals surface area contributed by atoms with E-state index in [0.29, 0.717) is 5.92 Å². The van der Waals surface area contributed by atoms with Crippen LogP contribution in [0.2, 0.25) is 0 Å². The molecule has 2 aromatic rings. The van der Waals surface area contributed by atoms with Crippen LogP contribution in [0.25, 0.3) is 0 Å². The van der Waals surface area contributed by atoms with E-state index in [1.165, 1.54) is 10.6 Å². The average molecular weight is 315 g/mol. The minimum atomic E-state index is 0.520. The predicted octanol–water partition coefficient (Wildman–Crippen LogP) is 5.08. The van der Waals surface area contributed by atoms with Gasteiger partial charge >= 0.3 is 0 Å². The van der Waals surface area contributed by atoms with Crippen LogP contribution >= 0.6 is 11.8 Å². The molecule has 118 valence electrons. The van der Waals surface area contributed by atoms with E-state index in [1.54, 1.807) is 7.11 Å². The van der Waals surface area contributed by atoms with Crippen LogP contribution < -0.4 is 0 Å². The molecule has 1 unspecified atom stereocenters. The van der Waals surface area contributed by atoms with E-state index in [-0.39, 0.29) is 0 Å². The summed E-state index contributed by atoms with van der Waals surface area (Å²) >= 11 is 1.93. The molecular formula is C19H25NOS. The molecule has 1 heterocycles. The molecule has 0 radical (unpaired) electrons. The van der Waals surface area contributed by atoms with Crippen molar-refractivity contribution in [2.45, 2.75) is 37.0 Å². The topological polar surface area (TPSA) is 22.1 Å². The van der Waals surface area contributed by atoms with Gasteiger partial charge < -0.3 is 4.74 Å². The lowest BCUT2D eigenvalue weighted by molar-refractivity contribution is 0.190. The highest BCUT2D eigenvalue weighted by Gasteiger charge is 2.13. The van der Waals surface area contributed by atoms with Crippen LogP contribution in [0.15, 0.2) is 53.4 Å². The molecule has 0 saturated carbocycles. The van der Waals surface area contributed by atoms with Gasteiger partial charge in [-0.3, -0.25) is 4.98 Å². The lowest BCUT2D eigenvalue weighted by Crippen LogP contribution is -2.05. The number of aromatic nitrogens is 1. The monoisotopic (exact) mass is 315 g/mol. The van der Waals surface area contributed by atoms with Crippen molar-refractivity contribution in [3.05, 3.63) is 59.9 Å². The molecule has 3 heteroatoms. The van der Waals surface area contributed by atoms with E-state index in [4.69, 9.17) is 9.72 Å². The van der Waals surface area contributed by atoms with Crippen molar-refractivity contribution in [3.8, 4) is 0 Å². The Morgan fingerprint density at radius 1 is 1.05 bits per heavy atom. The van der Waals surface area contributed by atoms with Gasteiger partial charge in [-0.25, -0.2) is 0 Å². The molecule has 0 aliphatic rings. The molecule has 1 aromatic heterocycles. The van der Waals surface area contributed by atoms with Gasteiger partial charge in [0.15, 0.2) is 0 Å². The fourth-order valence-corrected chi connectivity index (χ4v) is 3.53. The highest BCUT2D eigenvalue weighted by atomic mass is 32.2. The van der Waals surface area contributed by atoms with Crippen molar-refractivity contribution in [3.63, 3.8) is 0 Å². The number of benzene rings is 1. The number of aryl methyl sites for hydroxylation is 1. The third-order valence-electron chi connectivity index (χ3n) is 3.71. The van der Waals surface area contributed by atoms with Crippen molar-refractivity contribution in [2.24, 2.45) is 0 Å². The first kappa shape index (κ1) is 17.0. The van der Waals surface area contributed by atoms with Gasteiger partial charge in [0.1, 0.15) is 0 Å². The van der Waals surface area contributed by atoms with E-state index in [1.807, 2.05) is 11.8 Å². The number of hydrogen-bond donors (Lipinski definition) is 0. The zero-order valence-electron chi connectivity index (χ0n) is 13.5. The SMILES string of the molecule is COCCCC(CCSc1ccccc1)c1cccc(C)n1. The Balaban J connectivity index is 1.92. The van der Waals surface area contributed by atoms with Crippen LogP contribution in [0.4, 0.5) is 0 Å². The maximum absolute atomic E-state index is 5.20. The molecule has 2 rings (SSSR count). The van der Waals surface area contributed by atoms with Gasteiger partial charge in [0.05, 0.1) is 0 Å². The zero-order chi connectivity index (χ0) is 15.6. The highest BCUT2D eigenvalue weighted by molar-refractivity contribution is 7.99. The van der Waals surface area contributed by atoms with Crippen molar-refractivity contribution in [1.82, 2.24) is 4.98 Å². The van der Waals surface area contributed by atoms with Crippen LogP contribution in [0.3, 0.4) is 0 Å². The number of pyridine rings is 1. The predicted molar refractivity (Wildman–Crippen MR) is 94.6 cm³/mol. The van der Waals surface area contributed by atoms with E-state index >= 15 is 0 Å². The fraction of sp³-hybridized carbons (Fsp3) is 0.421. The molecule has 0 fully saturated rings. The van der Waals surface area contributed by atoms with E-state index in [9.17, 15) is 0 Å². The molecule has 22 heavy (non-hydrogen) atoms. The number of rotatable bonds is 9. The summed E-state index contributed by atoms with van der Waals surface area (Å²) in [7, 11) is 1.77. The molecule has 2 nitrogen and oxygen atoms in total. The molecule has 0 aliphatic carbocycles. The van der Waals surface area contributed by atoms with Gasteiger partial charge in [-0.15, -0.1) is 11.8 Å². The maximum Gasteiger partial charge on any atom is 0.0462 e.